The van der Waals surface area contributed by atoms with Crippen molar-refractivity contribution in [1.82, 2.24) is 4.98 Å². The lowest BCUT2D eigenvalue weighted by Crippen LogP contribution is -1.89. The molecule has 0 saturated heterocycles. The molecule has 0 bridgehead atoms. The minimum absolute atomic E-state index is 0.140. The minimum atomic E-state index is -0.423. The minimum Gasteiger partial charge on any atom is -0.493 e. The van der Waals surface area contributed by atoms with Crippen molar-refractivity contribution in [1.29, 1.82) is 0 Å². The van der Waals surface area contributed by atoms with Crippen molar-refractivity contribution < 1.29 is 14.3 Å². The lowest BCUT2D eigenvalue weighted by molar-refractivity contribution is 0.0999. The van der Waals surface area contributed by atoms with E-state index >= 15 is 0 Å². The number of hydrogen-bond acceptors (Lipinski definition) is 4. The summed E-state index contributed by atoms with van der Waals surface area (Å²) >= 11 is 1.48. The van der Waals surface area contributed by atoms with Crippen LogP contribution in [0.4, 0.5) is 10.1 Å². The average molecular weight is 357 g/mol. The fourth-order valence-corrected chi connectivity index (χ4v) is 4.29. The Hall–Kier alpha value is -2.54. The van der Waals surface area contributed by atoms with Gasteiger partial charge in [0.05, 0.1) is 10.4 Å². The Kier molecular flexibility index (Phi) is 4.09. The van der Waals surface area contributed by atoms with E-state index in [1.807, 2.05) is 6.07 Å². The standard InChI is InChI=1S/C18H16FN3O2S/c19-11-6-7-12-13(9-11)20-18(24)16(12)21-22-17(23)15-8-10-4-2-1-3-5-14(10)25-15/h6-9,20,24H,1-5H2. The van der Waals surface area contributed by atoms with Gasteiger partial charge in [-0.25, -0.2) is 4.39 Å². The Morgan fingerprint density at radius 1 is 1.20 bits per heavy atom. The third kappa shape index (κ3) is 3.07. The largest absolute Gasteiger partial charge is 0.493 e. The zero-order valence-electron chi connectivity index (χ0n) is 13.4. The molecule has 25 heavy (non-hydrogen) atoms. The molecule has 2 heterocycles. The lowest BCUT2D eigenvalue weighted by Gasteiger charge is -1.93. The van der Waals surface area contributed by atoms with Crippen molar-refractivity contribution in [2.45, 2.75) is 32.1 Å². The van der Waals surface area contributed by atoms with Crippen molar-refractivity contribution >= 4 is 33.8 Å². The van der Waals surface area contributed by atoms with Gasteiger partial charge in [0.2, 0.25) is 5.88 Å². The van der Waals surface area contributed by atoms with Crippen LogP contribution in [0.5, 0.6) is 5.88 Å². The number of amides is 1. The number of halogens is 1. The number of aromatic amines is 1. The number of fused-ring (bicyclic) bond motifs is 2. The van der Waals surface area contributed by atoms with Gasteiger partial charge in [-0.15, -0.1) is 21.6 Å². The summed E-state index contributed by atoms with van der Waals surface area (Å²) in [6.45, 7) is 0. The molecule has 0 spiro atoms. The molecule has 0 saturated carbocycles. The topological polar surface area (TPSA) is 77.8 Å². The van der Waals surface area contributed by atoms with Gasteiger partial charge in [0, 0.05) is 10.3 Å². The average Bonchev–Trinajstić information content (AvgIpc) is 3.05. The number of aromatic hydroxyl groups is 1. The summed E-state index contributed by atoms with van der Waals surface area (Å²) in [5.74, 6) is -1.08. The first-order chi connectivity index (χ1) is 12.1. The van der Waals surface area contributed by atoms with Crippen molar-refractivity contribution in [3.63, 3.8) is 0 Å². The highest BCUT2D eigenvalue weighted by Gasteiger charge is 2.17. The molecular weight excluding hydrogens is 341 g/mol. The number of carbonyl (C=O) groups is 1. The molecule has 3 aromatic rings. The van der Waals surface area contributed by atoms with E-state index in [0.717, 1.165) is 25.7 Å². The molecule has 0 radical (unpaired) electrons. The number of nitrogens with one attached hydrogen (secondary N) is 1. The summed E-state index contributed by atoms with van der Waals surface area (Å²) in [5.41, 5.74) is 1.79. The molecule has 0 unspecified atom stereocenters. The fourth-order valence-electron chi connectivity index (χ4n) is 3.16. The second kappa shape index (κ2) is 6.40. The highest BCUT2D eigenvalue weighted by atomic mass is 32.1. The summed E-state index contributed by atoms with van der Waals surface area (Å²) in [5, 5.41) is 18.1. The Bertz CT molecular complexity index is 966. The van der Waals surface area contributed by atoms with E-state index in [1.54, 1.807) is 0 Å². The smallest absolute Gasteiger partial charge is 0.305 e. The Labute approximate surface area is 147 Å². The zero-order valence-corrected chi connectivity index (χ0v) is 14.2. The molecule has 1 aliphatic rings. The molecule has 7 heteroatoms. The molecule has 0 fully saturated rings. The molecule has 0 aliphatic heterocycles. The van der Waals surface area contributed by atoms with Crippen molar-refractivity contribution in [3.8, 4) is 5.88 Å². The van der Waals surface area contributed by atoms with E-state index in [4.69, 9.17) is 0 Å². The molecule has 1 amide bonds. The predicted molar refractivity (Wildman–Crippen MR) is 94.3 cm³/mol. The van der Waals surface area contributed by atoms with E-state index in [0.29, 0.717) is 15.8 Å². The molecule has 128 valence electrons. The van der Waals surface area contributed by atoms with Crippen LogP contribution in [0.2, 0.25) is 0 Å². The summed E-state index contributed by atoms with van der Waals surface area (Å²) in [6, 6.07) is 5.93. The van der Waals surface area contributed by atoms with Crippen molar-refractivity contribution in [2.75, 3.05) is 0 Å². The third-order valence-electron chi connectivity index (χ3n) is 4.41. The highest BCUT2D eigenvalue weighted by molar-refractivity contribution is 7.14. The number of azo groups is 1. The number of thiophene rings is 1. The molecule has 2 N–H and O–H groups in total. The third-order valence-corrected chi connectivity index (χ3v) is 5.64. The number of carbonyl (C=O) groups excluding carboxylic acids is 1. The van der Waals surface area contributed by atoms with E-state index < -0.39 is 11.7 Å². The summed E-state index contributed by atoms with van der Waals surface area (Å²) < 4.78 is 13.2. The van der Waals surface area contributed by atoms with Gasteiger partial charge < -0.3 is 10.1 Å². The molecule has 0 atom stereocenters. The number of benzene rings is 1. The van der Waals surface area contributed by atoms with Crippen LogP contribution >= 0.6 is 11.3 Å². The highest BCUT2D eigenvalue weighted by Crippen LogP contribution is 2.36. The van der Waals surface area contributed by atoms with E-state index in [9.17, 15) is 14.3 Å². The maximum atomic E-state index is 13.2. The van der Waals surface area contributed by atoms with Crippen LogP contribution in [-0.4, -0.2) is 16.0 Å². The van der Waals surface area contributed by atoms with Gasteiger partial charge in [0.15, 0.2) is 5.69 Å². The van der Waals surface area contributed by atoms with Crippen molar-refractivity contribution in [2.24, 2.45) is 10.2 Å². The zero-order chi connectivity index (χ0) is 17.4. The van der Waals surface area contributed by atoms with Gasteiger partial charge in [-0.05, 0) is 55.5 Å². The van der Waals surface area contributed by atoms with Gasteiger partial charge in [0.25, 0.3) is 0 Å². The number of aryl methyl sites for hydroxylation is 2. The first-order valence-corrected chi connectivity index (χ1v) is 9.01. The second-order valence-corrected chi connectivity index (χ2v) is 7.27. The van der Waals surface area contributed by atoms with E-state index in [1.165, 1.54) is 46.4 Å². The predicted octanol–water partition coefficient (Wildman–Crippen LogP) is 5.27. The van der Waals surface area contributed by atoms with Crippen LogP contribution in [0.15, 0.2) is 34.5 Å². The number of rotatable bonds is 2. The molecule has 1 aromatic carbocycles. The van der Waals surface area contributed by atoms with Gasteiger partial charge >= 0.3 is 5.91 Å². The Morgan fingerprint density at radius 3 is 2.92 bits per heavy atom. The molecular formula is C18H16FN3O2S. The van der Waals surface area contributed by atoms with Gasteiger partial charge in [-0.3, -0.25) is 4.79 Å². The molecule has 5 nitrogen and oxygen atoms in total. The van der Waals surface area contributed by atoms with Crippen LogP contribution in [0.1, 0.15) is 39.4 Å². The normalized spacial score (nSPS) is 14.8. The maximum Gasteiger partial charge on any atom is 0.305 e. The lowest BCUT2D eigenvalue weighted by atomic mass is 10.1. The first kappa shape index (κ1) is 16.0. The van der Waals surface area contributed by atoms with Crippen LogP contribution < -0.4 is 0 Å². The Balaban J connectivity index is 1.62. The molecule has 2 aromatic heterocycles. The van der Waals surface area contributed by atoms with E-state index in [-0.39, 0.29) is 11.6 Å². The fraction of sp³-hybridized carbons (Fsp3) is 0.278. The van der Waals surface area contributed by atoms with Gasteiger partial charge in [-0.1, -0.05) is 6.42 Å². The van der Waals surface area contributed by atoms with Crippen LogP contribution in [-0.2, 0) is 12.8 Å². The SMILES string of the molecule is O=C(N=Nc1c(O)[nH]c2cc(F)ccc12)c1cc2c(s1)CCCCC2. The van der Waals surface area contributed by atoms with Crippen LogP contribution in [0.3, 0.4) is 0 Å². The number of nitrogens with zero attached hydrogens (tertiary/aromatic N) is 2. The van der Waals surface area contributed by atoms with E-state index in [2.05, 4.69) is 15.2 Å². The molecule has 4 rings (SSSR count). The van der Waals surface area contributed by atoms with Crippen LogP contribution in [0.25, 0.3) is 10.9 Å². The monoisotopic (exact) mass is 357 g/mol. The molecule has 1 aliphatic carbocycles. The quantitative estimate of drug-likeness (QED) is 0.484. The maximum absolute atomic E-state index is 13.2. The van der Waals surface area contributed by atoms with Crippen molar-refractivity contribution in [3.05, 3.63) is 45.4 Å². The Morgan fingerprint density at radius 2 is 2.04 bits per heavy atom. The summed E-state index contributed by atoms with van der Waals surface area (Å²) in [7, 11) is 0. The number of hydrogen-bond donors (Lipinski definition) is 2. The second-order valence-electron chi connectivity index (χ2n) is 6.14. The number of aromatic nitrogens is 1. The summed E-state index contributed by atoms with van der Waals surface area (Å²) in [6.07, 6.45) is 5.55. The van der Waals surface area contributed by atoms with Gasteiger partial charge in [-0.2, -0.15) is 0 Å². The number of H-pyrrole nitrogens is 1. The first-order valence-electron chi connectivity index (χ1n) is 8.19. The van der Waals surface area contributed by atoms with Gasteiger partial charge in [0.1, 0.15) is 5.82 Å². The van der Waals surface area contributed by atoms with Crippen LogP contribution in [0, 0.1) is 5.82 Å². The summed E-state index contributed by atoms with van der Waals surface area (Å²) in [4.78, 5) is 16.8.